The van der Waals surface area contributed by atoms with Gasteiger partial charge in [-0.2, -0.15) is 0 Å². The third kappa shape index (κ3) is 4.87. The number of ether oxygens (including phenoxy) is 2. The molecule has 0 fully saturated rings. The zero-order valence-corrected chi connectivity index (χ0v) is 9.14. The number of rotatable bonds is 7. The Bertz CT molecular complexity index is 107. The molecule has 0 aromatic rings. The van der Waals surface area contributed by atoms with Gasteiger partial charge in [-0.3, -0.25) is 0 Å². The molecular weight excluding hydrogens is 170 g/mol. The van der Waals surface area contributed by atoms with E-state index in [1.165, 1.54) is 12.8 Å². The van der Waals surface area contributed by atoms with Crippen molar-refractivity contribution in [1.82, 2.24) is 5.32 Å². The van der Waals surface area contributed by atoms with Crippen LogP contribution in [0.15, 0.2) is 0 Å². The van der Waals surface area contributed by atoms with E-state index in [0.29, 0.717) is 6.54 Å². The summed E-state index contributed by atoms with van der Waals surface area (Å²) in [5, 5.41) is 3.23. The van der Waals surface area contributed by atoms with E-state index in [9.17, 15) is 0 Å². The van der Waals surface area contributed by atoms with Crippen molar-refractivity contribution in [2.24, 2.45) is 0 Å². The summed E-state index contributed by atoms with van der Waals surface area (Å²) >= 11 is 0. The molecular formula is C8H18NO2Si. The summed E-state index contributed by atoms with van der Waals surface area (Å²) in [6.45, 7) is 3.81. The molecule has 71 valence electrons. The first-order valence-electron chi connectivity index (χ1n) is 4.24. The third-order valence-electron chi connectivity index (χ3n) is 1.72. The van der Waals surface area contributed by atoms with Gasteiger partial charge in [0, 0.05) is 20.8 Å². The molecule has 12 heavy (non-hydrogen) atoms. The van der Waals surface area contributed by atoms with Gasteiger partial charge in [0.25, 0.3) is 0 Å². The minimum Gasteiger partial charge on any atom is -0.357 e. The molecule has 0 saturated heterocycles. The van der Waals surface area contributed by atoms with Gasteiger partial charge in [0.1, 0.15) is 10.2 Å². The van der Waals surface area contributed by atoms with Crippen LogP contribution >= 0.6 is 0 Å². The van der Waals surface area contributed by atoms with E-state index in [-0.39, 0.29) is 0 Å². The van der Waals surface area contributed by atoms with E-state index in [1.807, 2.05) is 0 Å². The van der Waals surface area contributed by atoms with Crippen molar-refractivity contribution in [3.8, 4) is 0 Å². The molecule has 0 rings (SSSR count). The highest BCUT2D eigenvalue weighted by molar-refractivity contribution is 6.13. The lowest BCUT2D eigenvalue weighted by Crippen LogP contribution is -2.44. The van der Waals surface area contributed by atoms with Crippen LogP contribution in [-0.2, 0) is 9.47 Å². The van der Waals surface area contributed by atoms with E-state index < -0.39 is 5.41 Å². The molecule has 0 aromatic heterocycles. The normalized spacial score (nSPS) is 12.0. The van der Waals surface area contributed by atoms with Crippen LogP contribution in [0.1, 0.15) is 19.8 Å². The standard InChI is InChI=1S/C8H18NO2Si/c1-4-5-6-9-7-8(12,10-2)11-3/h9H,4-7H2,1-3H3. The highest BCUT2D eigenvalue weighted by Crippen LogP contribution is 2.02. The molecule has 0 aliphatic heterocycles. The second-order valence-corrected chi connectivity index (χ2v) is 3.45. The summed E-state index contributed by atoms with van der Waals surface area (Å²) in [4.78, 5) is 0. The van der Waals surface area contributed by atoms with Crippen LogP contribution in [0.3, 0.4) is 0 Å². The maximum Gasteiger partial charge on any atom is 0.155 e. The molecule has 0 aromatic carbocycles. The monoisotopic (exact) mass is 188 g/mol. The highest BCUT2D eigenvalue weighted by atomic mass is 28.1. The van der Waals surface area contributed by atoms with Gasteiger partial charge in [0.15, 0.2) is 5.41 Å². The van der Waals surface area contributed by atoms with Gasteiger partial charge in [-0.25, -0.2) is 0 Å². The van der Waals surface area contributed by atoms with Gasteiger partial charge in [-0.15, -0.1) is 0 Å². The van der Waals surface area contributed by atoms with Crippen molar-refractivity contribution < 1.29 is 9.47 Å². The fraction of sp³-hybridized carbons (Fsp3) is 1.00. The van der Waals surface area contributed by atoms with Crippen LogP contribution in [-0.4, -0.2) is 43.0 Å². The van der Waals surface area contributed by atoms with E-state index in [4.69, 9.17) is 9.47 Å². The molecule has 3 nitrogen and oxygen atoms in total. The first kappa shape index (κ1) is 12.1. The van der Waals surface area contributed by atoms with Gasteiger partial charge in [0.2, 0.25) is 0 Å². The second kappa shape index (κ2) is 6.60. The van der Waals surface area contributed by atoms with Gasteiger partial charge >= 0.3 is 0 Å². The summed E-state index contributed by atoms with van der Waals surface area (Å²) < 4.78 is 10.2. The summed E-state index contributed by atoms with van der Waals surface area (Å²) in [6.07, 6.45) is 2.37. The summed E-state index contributed by atoms with van der Waals surface area (Å²) in [7, 11) is 6.60. The lowest BCUT2D eigenvalue weighted by molar-refractivity contribution is -0.138. The zero-order valence-electron chi connectivity index (χ0n) is 8.14. The SMILES string of the molecule is CCCCNCC([Si])(OC)OC. The quantitative estimate of drug-likeness (QED) is 0.358. The average Bonchev–Trinajstić information content (AvgIpc) is 2.12. The molecule has 3 radical (unpaired) electrons. The minimum atomic E-state index is -0.673. The fourth-order valence-electron chi connectivity index (χ4n) is 0.782. The van der Waals surface area contributed by atoms with Gasteiger partial charge < -0.3 is 14.8 Å². The smallest absolute Gasteiger partial charge is 0.155 e. The van der Waals surface area contributed by atoms with Crippen molar-refractivity contribution in [3.63, 3.8) is 0 Å². The van der Waals surface area contributed by atoms with E-state index >= 15 is 0 Å². The summed E-state index contributed by atoms with van der Waals surface area (Å²) in [5.41, 5.74) is -0.673. The van der Waals surface area contributed by atoms with Crippen LogP contribution in [0.4, 0.5) is 0 Å². The molecule has 0 atom stereocenters. The lowest BCUT2D eigenvalue weighted by atomic mass is 10.3. The molecule has 0 bridgehead atoms. The average molecular weight is 188 g/mol. The molecule has 0 aliphatic rings. The molecule has 0 spiro atoms. The maximum absolute atomic E-state index is 5.10. The molecule has 0 unspecified atom stereocenters. The number of nitrogens with one attached hydrogen (secondary N) is 1. The van der Waals surface area contributed by atoms with Crippen molar-refractivity contribution in [1.29, 1.82) is 0 Å². The Balaban J connectivity index is 3.45. The number of hydrogen-bond donors (Lipinski definition) is 1. The first-order valence-corrected chi connectivity index (χ1v) is 4.74. The van der Waals surface area contributed by atoms with Crippen molar-refractivity contribution in [2.75, 3.05) is 27.3 Å². The topological polar surface area (TPSA) is 30.5 Å². The Morgan fingerprint density at radius 1 is 1.33 bits per heavy atom. The van der Waals surface area contributed by atoms with Crippen LogP contribution < -0.4 is 5.32 Å². The van der Waals surface area contributed by atoms with E-state index in [2.05, 4.69) is 22.5 Å². The first-order chi connectivity index (χ1) is 5.68. The summed E-state index contributed by atoms with van der Waals surface area (Å²) in [5.74, 6) is 0. The predicted octanol–water partition coefficient (Wildman–Crippen LogP) is 0.491. The number of unbranched alkanes of at least 4 members (excludes halogenated alkanes) is 1. The Morgan fingerprint density at radius 2 is 1.92 bits per heavy atom. The van der Waals surface area contributed by atoms with E-state index in [0.717, 1.165) is 6.54 Å². The van der Waals surface area contributed by atoms with Gasteiger partial charge in [-0.1, -0.05) is 13.3 Å². The minimum absolute atomic E-state index is 0.650. The second-order valence-electron chi connectivity index (χ2n) is 2.69. The molecule has 4 heteroatoms. The van der Waals surface area contributed by atoms with Gasteiger partial charge in [-0.05, 0) is 13.0 Å². The Hall–Kier alpha value is 0.0969. The van der Waals surface area contributed by atoms with Gasteiger partial charge in [0.05, 0.1) is 0 Å². The van der Waals surface area contributed by atoms with Crippen LogP contribution in [0.2, 0.25) is 0 Å². The number of hydrogen-bond acceptors (Lipinski definition) is 3. The summed E-state index contributed by atoms with van der Waals surface area (Å²) in [6, 6.07) is 0. The van der Waals surface area contributed by atoms with Crippen LogP contribution in [0.25, 0.3) is 0 Å². The van der Waals surface area contributed by atoms with Crippen LogP contribution in [0.5, 0.6) is 0 Å². The molecule has 0 heterocycles. The Kier molecular flexibility index (Phi) is 6.65. The largest absolute Gasteiger partial charge is 0.357 e. The number of methoxy groups -OCH3 is 2. The fourth-order valence-corrected chi connectivity index (χ4v) is 0.907. The predicted molar refractivity (Wildman–Crippen MR) is 50.3 cm³/mol. The molecule has 0 aliphatic carbocycles. The molecule has 1 N–H and O–H groups in total. The third-order valence-corrected chi connectivity index (χ3v) is 2.31. The lowest BCUT2D eigenvalue weighted by Gasteiger charge is -2.26. The van der Waals surface area contributed by atoms with Crippen LogP contribution in [0, 0.1) is 0 Å². The van der Waals surface area contributed by atoms with E-state index in [1.54, 1.807) is 14.2 Å². The zero-order chi connectivity index (χ0) is 9.45. The molecule has 0 saturated carbocycles. The Labute approximate surface area is 78.2 Å². The van der Waals surface area contributed by atoms with Crippen molar-refractivity contribution >= 4 is 10.2 Å². The highest BCUT2D eigenvalue weighted by Gasteiger charge is 2.21. The van der Waals surface area contributed by atoms with Crippen molar-refractivity contribution in [3.05, 3.63) is 0 Å². The maximum atomic E-state index is 5.10. The Morgan fingerprint density at radius 3 is 2.33 bits per heavy atom. The van der Waals surface area contributed by atoms with Crippen molar-refractivity contribution in [2.45, 2.75) is 25.2 Å². The molecule has 0 amide bonds.